The maximum absolute atomic E-state index is 12.2. The molecular formula is C15H21ClN2O3. The van der Waals surface area contributed by atoms with Crippen LogP contribution in [0.5, 0.6) is 0 Å². The van der Waals surface area contributed by atoms with E-state index in [1.165, 1.54) is 11.1 Å². The zero-order valence-corrected chi connectivity index (χ0v) is 12.7. The first kappa shape index (κ1) is 16.1. The summed E-state index contributed by atoms with van der Waals surface area (Å²) in [5, 5.41) is 3.08. The topological polar surface area (TPSA) is 73.6 Å². The van der Waals surface area contributed by atoms with E-state index in [1.807, 2.05) is 18.2 Å². The molecule has 1 saturated heterocycles. The molecule has 2 unspecified atom stereocenters. The second kappa shape index (κ2) is 7.11. The monoisotopic (exact) mass is 312 g/mol. The summed E-state index contributed by atoms with van der Waals surface area (Å²) in [6, 6.07) is 5.97. The Kier molecular flexibility index (Phi) is 5.45. The highest BCUT2D eigenvalue weighted by Gasteiger charge is 2.27. The number of nitrogen functional groups attached to an aromatic ring is 1. The van der Waals surface area contributed by atoms with E-state index in [0.717, 1.165) is 24.9 Å². The molecule has 5 nitrogen and oxygen atoms in total. The van der Waals surface area contributed by atoms with Crippen molar-refractivity contribution in [2.45, 2.75) is 31.4 Å². The van der Waals surface area contributed by atoms with E-state index < -0.39 is 6.10 Å². The number of ether oxygens (including phenoxy) is 2. The van der Waals surface area contributed by atoms with Crippen molar-refractivity contribution in [2.24, 2.45) is 0 Å². The number of rotatable bonds is 2. The Bertz CT molecular complexity index is 504. The number of hydrogen-bond donors (Lipinski definition) is 2. The molecule has 2 atom stereocenters. The molecule has 1 fully saturated rings. The predicted molar refractivity (Wildman–Crippen MR) is 82.5 cm³/mol. The maximum atomic E-state index is 12.2. The Hall–Kier alpha value is -1.30. The number of anilines is 1. The van der Waals surface area contributed by atoms with Crippen molar-refractivity contribution < 1.29 is 14.3 Å². The molecule has 21 heavy (non-hydrogen) atoms. The van der Waals surface area contributed by atoms with E-state index in [9.17, 15) is 4.79 Å². The number of nitrogens with one attached hydrogen (secondary N) is 1. The Morgan fingerprint density at radius 1 is 1.33 bits per heavy atom. The molecule has 3 N–H and O–H groups in total. The van der Waals surface area contributed by atoms with Crippen LogP contribution >= 0.6 is 12.4 Å². The molecule has 0 saturated carbocycles. The van der Waals surface area contributed by atoms with Crippen molar-refractivity contribution in [1.82, 2.24) is 5.32 Å². The number of nitrogens with two attached hydrogens (primary N) is 1. The minimum atomic E-state index is -0.483. The van der Waals surface area contributed by atoms with Crippen LogP contribution < -0.4 is 11.1 Å². The predicted octanol–water partition coefficient (Wildman–Crippen LogP) is 1.60. The van der Waals surface area contributed by atoms with Crippen molar-refractivity contribution >= 4 is 24.0 Å². The van der Waals surface area contributed by atoms with E-state index in [-0.39, 0.29) is 24.4 Å². The molecule has 1 aromatic rings. The average Bonchev–Trinajstić information content (AvgIpc) is 2.48. The van der Waals surface area contributed by atoms with Crippen molar-refractivity contribution in [3.63, 3.8) is 0 Å². The van der Waals surface area contributed by atoms with Gasteiger partial charge in [0, 0.05) is 5.69 Å². The zero-order valence-electron chi connectivity index (χ0n) is 11.8. The summed E-state index contributed by atoms with van der Waals surface area (Å²) >= 11 is 0. The van der Waals surface area contributed by atoms with E-state index in [0.29, 0.717) is 19.8 Å². The molecule has 1 heterocycles. The largest absolute Gasteiger partial charge is 0.399 e. The summed E-state index contributed by atoms with van der Waals surface area (Å²) < 4.78 is 10.7. The fourth-order valence-corrected chi connectivity index (χ4v) is 2.89. The lowest BCUT2D eigenvalue weighted by atomic mass is 9.87. The van der Waals surface area contributed by atoms with Gasteiger partial charge in [0.15, 0.2) is 6.10 Å². The molecular weight excluding hydrogens is 292 g/mol. The minimum Gasteiger partial charge on any atom is -0.399 e. The standard InChI is InChI=1S/C15H20N2O3.ClH/c16-11-4-5-12-10(8-11)2-1-3-13(12)17-15(18)14-9-19-6-7-20-14;/h4-5,8,13-14H,1-3,6-7,9,16H2,(H,17,18);1H. The van der Waals surface area contributed by atoms with Crippen LogP contribution in [-0.2, 0) is 20.7 Å². The van der Waals surface area contributed by atoms with Gasteiger partial charge in [-0.3, -0.25) is 4.79 Å². The van der Waals surface area contributed by atoms with Crippen molar-refractivity contribution in [3.8, 4) is 0 Å². The summed E-state index contributed by atoms with van der Waals surface area (Å²) in [5.74, 6) is -0.0839. The van der Waals surface area contributed by atoms with Crippen molar-refractivity contribution in [3.05, 3.63) is 29.3 Å². The van der Waals surface area contributed by atoms with Gasteiger partial charge in [0.25, 0.3) is 5.91 Å². The Labute approximate surface area is 130 Å². The zero-order chi connectivity index (χ0) is 13.9. The summed E-state index contributed by atoms with van der Waals surface area (Å²) in [4.78, 5) is 12.2. The summed E-state index contributed by atoms with van der Waals surface area (Å²) in [7, 11) is 0. The van der Waals surface area contributed by atoms with Gasteiger partial charge in [0.2, 0.25) is 0 Å². The molecule has 116 valence electrons. The van der Waals surface area contributed by atoms with Crippen LogP contribution in [0.4, 0.5) is 5.69 Å². The highest BCUT2D eigenvalue weighted by molar-refractivity contribution is 5.85. The lowest BCUT2D eigenvalue weighted by molar-refractivity contribution is -0.148. The molecule has 0 spiro atoms. The SMILES string of the molecule is Cl.Nc1ccc2c(c1)CCCC2NC(=O)C1COCCO1. The fraction of sp³-hybridized carbons (Fsp3) is 0.533. The second-order valence-electron chi connectivity index (χ2n) is 5.35. The van der Waals surface area contributed by atoms with Crippen LogP contribution in [0.2, 0.25) is 0 Å². The molecule has 3 rings (SSSR count). The van der Waals surface area contributed by atoms with Crippen LogP contribution in [0.25, 0.3) is 0 Å². The normalized spacial score (nSPS) is 24.6. The quantitative estimate of drug-likeness (QED) is 0.814. The fourth-order valence-electron chi connectivity index (χ4n) is 2.89. The maximum Gasteiger partial charge on any atom is 0.252 e. The first-order valence-electron chi connectivity index (χ1n) is 7.12. The molecule has 1 aromatic carbocycles. The van der Waals surface area contributed by atoms with Crippen LogP contribution in [0.1, 0.15) is 30.0 Å². The number of halogens is 1. The highest BCUT2D eigenvalue weighted by atomic mass is 35.5. The van der Waals surface area contributed by atoms with Crippen molar-refractivity contribution in [2.75, 3.05) is 25.6 Å². The Balaban J connectivity index is 0.00000161. The van der Waals surface area contributed by atoms with Crippen LogP contribution in [0, 0.1) is 0 Å². The number of hydrogen-bond acceptors (Lipinski definition) is 4. The molecule has 0 aromatic heterocycles. The van der Waals surface area contributed by atoms with Crippen LogP contribution in [-0.4, -0.2) is 31.8 Å². The van der Waals surface area contributed by atoms with E-state index in [2.05, 4.69) is 5.32 Å². The summed E-state index contributed by atoms with van der Waals surface area (Å²) in [6.07, 6.45) is 2.55. The van der Waals surface area contributed by atoms with Gasteiger partial charge in [-0.15, -0.1) is 12.4 Å². The number of carbonyl (C=O) groups is 1. The smallest absolute Gasteiger partial charge is 0.252 e. The second-order valence-corrected chi connectivity index (χ2v) is 5.35. The number of carbonyl (C=O) groups excluding carboxylic acids is 1. The molecule has 1 aliphatic carbocycles. The summed E-state index contributed by atoms with van der Waals surface area (Å²) in [5.41, 5.74) is 9.01. The van der Waals surface area contributed by atoms with Gasteiger partial charge in [-0.05, 0) is 42.5 Å². The summed E-state index contributed by atoms with van der Waals surface area (Å²) in [6.45, 7) is 1.39. The van der Waals surface area contributed by atoms with Gasteiger partial charge in [0.05, 0.1) is 25.9 Å². The molecule has 6 heteroatoms. The minimum absolute atomic E-state index is 0. The third-order valence-electron chi connectivity index (χ3n) is 3.91. The van der Waals surface area contributed by atoms with E-state index in [1.54, 1.807) is 0 Å². The lowest BCUT2D eigenvalue weighted by Gasteiger charge is -2.29. The first-order chi connectivity index (χ1) is 9.74. The number of amides is 1. The van der Waals surface area contributed by atoms with Gasteiger partial charge >= 0.3 is 0 Å². The average molecular weight is 313 g/mol. The number of benzene rings is 1. The van der Waals surface area contributed by atoms with Crippen LogP contribution in [0.3, 0.4) is 0 Å². The molecule has 0 bridgehead atoms. The molecule has 0 radical (unpaired) electrons. The van der Waals surface area contributed by atoms with E-state index in [4.69, 9.17) is 15.2 Å². The van der Waals surface area contributed by atoms with Crippen LogP contribution in [0.15, 0.2) is 18.2 Å². The van der Waals surface area contributed by atoms with E-state index >= 15 is 0 Å². The van der Waals surface area contributed by atoms with Gasteiger partial charge in [-0.25, -0.2) is 0 Å². The third kappa shape index (κ3) is 3.67. The Morgan fingerprint density at radius 3 is 2.95 bits per heavy atom. The Morgan fingerprint density at radius 2 is 2.19 bits per heavy atom. The molecule has 1 aliphatic heterocycles. The van der Waals surface area contributed by atoms with Gasteiger partial charge in [-0.1, -0.05) is 6.07 Å². The number of aryl methyl sites for hydroxylation is 1. The first-order valence-corrected chi connectivity index (χ1v) is 7.12. The highest BCUT2D eigenvalue weighted by Crippen LogP contribution is 2.31. The molecule has 2 aliphatic rings. The van der Waals surface area contributed by atoms with Crippen molar-refractivity contribution in [1.29, 1.82) is 0 Å². The van der Waals surface area contributed by atoms with Gasteiger partial charge in [-0.2, -0.15) is 0 Å². The van der Waals surface area contributed by atoms with Gasteiger partial charge < -0.3 is 20.5 Å². The molecule has 1 amide bonds. The van der Waals surface area contributed by atoms with Gasteiger partial charge in [0.1, 0.15) is 0 Å². The number of fused-ring (bicyclic) bond motifs is 1. The lowest BCUT2D eigenvalue weighted by Crippen LogP contribution is -2.44. The third-order valence-corrected chi connectivity index (χ3v) is 3.91.